The second kappa shape index (κ2) is 11.7. The Morgan fingerprint density at radius 1 is 1.08 bits per heavy atom. The molecule has 2 atom stereocenters. The molecule has 0 bridgehead atoms. The molecule has 0 aliphatic carbocycles. The Kier molecular flexibility index (Phi) is 8.62. The number of benzene rings is 3. The van der Waals surface area contributed by atoms with E-state index < -0.39 is 11.5 Å². The van der Waals surface area contributed by atoms with Gasteiger partial charge in [0.05, 0.1) is 29.0 Å². The molecule has 1 fully saturated rings. The molecule has 0 radical (unpaired) electrons. The van der Waals surface area contributed by atoms with Crippen LogP contribution < -0.4 is 15.4 Å². The van der Waals surface area contributed by atoms with Crippen LogP contribution in [0.5, 0.6) is 5.75 Å². The smallest absolute Gasteiger partial charge is 0.248 e. The van der Waals surface area contributed by atoms with Gasteiger partial charge in [-0.2, -0.15) is 0 Å². The van der Waals surface area contributed by atoms with Crippen LogP contribution in [0.15, 0.2) is 66.7 Å². The SMILES string of the molecule is C[C@@](O)(CN1CCN(c2ccc(OCCO)cc2Cl)[C@H](c2ccc(Cl)cc2)C1)c1ccc(C(N)=O)cc1. The Morgan fingerprint density at radius 3 is 2.41 bits per heavy atom. The van der Waals surface area contributed by atoms with Gasteiger partial charge in [0.1, 0.15) is 12.4 Å². The first kappa shape index (κ1) is 27.2. The zero-order valence-corrected chi connectivity index (χ0v) is 22.1. The Bertz CT molecular complexity index is 1220. The van der Waals surface area contributed by atoms with Crippen LogP contribution in [0.4, 0.5) is 5.69 Å². The van der Waals surface area contributed by atoms with Gasteiger partial charge in [-0.3, -0.25) is 9.69 Å². The van der Waals surface area contributed by atoms with Crippen molar-refractivity contribution in [1.82, 2.24) is 4.90 Å². The van der Waals surface area contributed by atoms with Crippen LogP contribution in [0.25, 0.3) is 0 Å². The van der Waals surface area contributed by atoms with Gasteiger partial charge in [-0.25, -0.2) is 0 Å². The summed E-state index contributed by atoms with van der Waals surface area (Å²) in [5.74, 6) is 0.0997. The number of aliphatic hydroxyl groups excluding tert-OH is 1. The number of β-amino-alcohol motifs (C(OH)–C–C–N with tert-alkyl or cyclic N) is 1. The van der Waals surface area contributed by atoms with E-state index in [4.69, 9.17) is 38.8 Å². The Morgan fingerprint density at radius 2 is 1.78 bits per heavy atom. The average Bonchev–Trinajstić information content (AvgIpc) is 2.88. The molecule has 0 unspecified atom stereocenters. The number of anilines is 1. The van der Waals surface area contributed by atoms with Crippen molar-refractivity contribution in [2.24, 2.45) is 5.73 Å². The highest BCUT2D eigenvalue weighted by atomic mass is 35.5. The second-order valence-electron chi connectivity index (χ2n) is 9.40. The largest absolute Gasteiger partial charge is 0.491 e. The molecule has 196 valence electrons. The molecule has 0 spiro atoms. The van der Waals surface area contributed by atoms with Crippen molar-refractivity contribution in [1.29, 1.82) is 0 Å². The van der Waals surface area contributed by atoms with Gasteiger partial charge in [0.2, 0.25) is 5.91 Å². The van der Waals surface area contributed by atoms with Crippen molar-refractivity contribution >= 4 is 34.8 Å². The lowest BCUT2D eigenvalue weighted by Gasteiger charge is -2.45. The molecule has 37 heavy (non-hydrogen) atoms. The zero-order valence-electron chi connectivity index (χ0n) is 20.6. The summed E-state index contributed by atoms with van der Waals surface area (Å²) in [7, 11) is 0. The normalized spacial score (nSPS) is 17.9. The van der Waals surface area contributed by atoms with Crippen LogP contribution in [0, 0.1) is 0 Å². The molecule has 4 rings (SSSR count). The van der Waals surface area contributed by atoms with Gasteiger partial charge in [0, 0.05) is 42.8 Å². The maximum absolute atomic E-state index is 11.4. The lowest BCUT2D eigenvalue weighted by atomic mass is 9.93. The minimum atomic E-state index is -1.13. The quantitative estimate of drug-likeness (QED) is 0.373. The van der Waals surface area contributed by atoms with E-state index in [0.29, 0.717) is 53.1 Å². The van der Waals surface area contributed by atoms with E-state index in [1.54, 1.807) is 37.3 Å². The van der Waals surface area contributed by atoms with Gasteiger partial charge in [0.25, 0.3) is 0 Å². The van der Waals surface area contributed by atoms with Crippen LogP contribution in [-0.4, -0.2) is 60.4 Å². The number of carbonyl (C=O) groups excluding carboxylic acids is 1. The highest BCUT2D eigenvalue weighted by Gasteiger charge is 2.34. The van der Waals surface area contributed by atoms with E-state index in [0.717, 1.165) is 11.3 Å². The maximum atomic E-state index is 11.4. The third-order valence-corrected chi connectivity index (χ3v) is 7.19. The van der Waals surface area contributed by atoms with E-state index in [-0.39, 0.29) is 19.3 Å². The predicted octanol–water partition coefficient (Wildman–Crippen LogP) is 4.23. The zero-order chi connectivity index (χ0) is 26.6. The van der Waals surface area contributed by atoms with Gasteiger partial charge in [0.15, 0.2) is 0 Å². The van der Waals surface area contributed by atoms with Crippen LogP contribution >= 0.6 is 23.2 Å². The summed E-state index contributed by atoms with van der Waals surface area (Å²) >= 11 is 12.8. The Hall–Kier alpha value is -2.81. The number of primary amides is 1. The molecule has 1 heterocycles. The van der Waals surface area contributed by atoms with Gasteiger partial charge in [-0.1, -0.05) is 47.5 Å². The van der Waals surface area contributed by atoms with Crippen LogP contribution in [0.1, 0.15) is 34.5 Å². The van der Waals surface area contributed by atoms with Crippen molar-refractivity contribution in [3.8, 4) is 5.75 Å². The number of rotatable bonds is 9. The predicted molar refractivity (Wildman–Crippen MR) is 147 cm³/mol. The van der Waals surface area contributed by atoms with E-state index in [1.165, 1.54) is 0 Å². The molecule has 4 N–H and O–H groups in total. The van der Waals surface area contributed by atoms with E-state index in [1.807, 2.05) is 36.4 Å². The molecule has 3 aromatic carbocycles. The number of nitrogens with two attached hydrogens (primary N) is 1. The number of nitrogens with zero attached hydrogens (tertiary/aromatic N) is 2. The van der Waals surface area contributed by atoms with E-state index >= 15 is 0 Å². The third kappa shape index (κ3) is 6.55. The molecular weight excluding hydrogens is 513 g/mol. The monoisotopic (exact) mass is 543 g/mol. The van der Waals surface area contributed by atoms with Crippen LogP contribution in [-0.2, 0) is 5.60 Å². The number of carbonyl (C=O) groups is 1. The van der Waals surface area contributed by atoms with Crippen LogP contribution in [0.3, 0.4) is 0 Å². The van der Waals surface area contributed by atoms with Crippen LogP contribution in [0.2, 0.25) is 10.0 Å². The molecule has 1 amide bonds. The maximum Gasteiger partial charge on any atom is 0.248 e. The summed E-state index contributed by atoms with van der Waals surface area (Å²) in [4.78, 5) is 15.9. The van der Waals surface area contributed by atoms with E-state index in [2.05, 4.69) is 9.80 Å². The molecule has 1 saturated heterocycles. The molecule has 9 heteroatoms. The summed E-state index contributed by atoms with van der Waals surface area (Å²) in [6.45, 7) is 4.35. The fourth-order valence-corrected chi connectivity index (χ4v) is 5.14. The summed E-state index contributed by atoms with van der Waals surface area (Å²) in [5.41, 5.74) is 7.30. The van der Waals surface area contributed by atoms with Gasteiger partial charge >= 0.3 is 0 Å². The lowest BCUT2D eigenvalue weighted by molar-refractivity contribution is 0.0103. The molecule has 0 aromatic heterocycles. The minimum Gasteiger partial charge on any atom is -0.491 e. The molecule has 7 nitrogen and oxygen atoms in total. The fourth-order valence-electron chi connectivity index (χ4n) is 4.74. The number of aliphatic hydroxyl groups is 2. The Labute approximate surface area is 227 Å². The lowest BCUT2D eigenvalue weighted by Crippen LogP contribution is -2.52. The summed E-state index contributed by atoms with van der Waals surface area (Å²) in [5, 5.41) is 21.6. The number of hydrogen-bond donors (Lipinski definition) is 3. The molecule has 1 aliphatic heterocycles. The van der Waals surface area contributed by atoms with Crippen molar-refractivity contribution in [2.45, 2.75) is 18.6 Å². The molecule has 1 aliphatic rings. The second-order valence-corrected chi connectivity index (χ2v) is 10.2. The highest BCUT2D eigenvalue weighted by molar-refractivity contribution is 6.33. The number of hydrogen-bond acceptors (Lipinski definition) is 6. The number of amides is 1. The summed E-state index contributed by atoms with van der Waals surface area (Å²) in [6, 6.07) is 20.0. The summed E-state index contributed by atoms with van der Waals surface area (Å²) < 4.78 is 5.51. The fraction of sp³-hybridized carbons (Fsp3) is 0.321. The molecule has 0 saturated carbocycles. The van der Waals surface area contributed by atoms with Crippen molar-refractivity contribution in [3.63, 3.8) is 0 Å². The minimum absolute atomic E-state index is 0.0410. The third-order valence-electron chi connectivity index (χ3n) is 6.63. The van der Waals surface area contributed by atoms with Gasteiger partial charge in [-0.05, 0) is 54.4 Å². The number of piperazine rings is 1. The van der Waals surface area contributed by atoms with E-state index in [9.17, 15) is 9.90 Å². The van der Waals surface area contributed by atoms with Gasteiger partial charge < -0.3 is 25.6 Å². The highest BCUT2D eigenvalue weighted by Crippen LogP contribution is 2.38. The average molecular weight is 544 g/mol. The molecular formula is C28H31Cl2N3O4. The van der Waals surface area contributed by atoms with Crippen molar-refractivity contribution in [3.05, 3.63) is 93.5 Å². The van der Waals surface area contributed by atoms with Crippen molar-refractivity contribution < 1.29 is 19.7 Å². The molecule has 3 aromatic rings. The van der Waals surface area contributed by atoms with Gasteiger partial charge in [-0.15, -0.1) is 0 Å². The summed E-state index contributed by atoms with van der Waals surface area (Å²) in [6.07, 6.45) is 0. The first-order valence-corrected chi connectivity index (χ1v) is 12.8. The van der Waals surface area contributed by atoms with Crippen molar-refractivity contribution in [2.75, 3.05) is 44.3 Å². The first-order chi connectivity index (χ1) is 17.7. The topological polar surface area (TPSA) is 99.3 Å². The standard InChI is InChI=1S/C28H31Cl2N3O4/c1-28(36,21-6-2-20(3-7-21)27(31)35)18-32-12-13-33(26(17-32)19-4-8-22(29)9-5-19)25-11-10-23(16-24(25)30)37-15-14-34/h2-11,16,26,34,36H,12-15,17-18H2,1H3,(H2,31,35)/t26-,28+/m0/s1. The first-order valence-electron chi connectivity index (χ1n) is 12.1. The number of halogens is 2. The Balaban J connectivity index is 1.57. The number of ether oxygens (including phenoxy) is 1.